The summed E-state index contributed by atoms with van der Waals surface area (Å²) in [4.78, 5) is 16.6. The van der Waals surface area contributed by atoms with Gasteiger partial charge < -0.3 is 19.9 Å². The van der Waals surface area contributed by atoms with Crippen LogP contribution in [-0.4, -0.2) is 189 Å². The van der Waals surface area contributed by atoms with Crippen molar-refractivity contribution in [1.82, 2.24) is 44.7 Å². The Morgan fingerprint density at radius 1 is 0.784 bits per heavy atom. The molecule has 5 aliphatic heterocycles. The minimum absolute atomic E-state index is 0.170. The highest BCUT2D eigenvalue weighted by molar-refractivity contribution is 5.06. The summed E-state index contributed by atoms with van der Waals surface area (Å²) in [5, 5.41) is 9.34. The third-order valence-corrected chi connectivity index (χ3v) is 9.45. The molecule has 1 N–H and O–H groups in total. The van der Waals surface area contributed by atoms with Crippen molar-refractivity contribution in [3.8, 4) is 0 Å². The van der Waals surface area contributed by atoms with Crippen molar-refractivity contribution in [3.05, 3.63) is 0 Å². The van der Waals surface area contributed by atoms with Crippen LogP contribution in [0.2, 0.25) is 0 Å². The molecule has 5 heterocycles. The Morgan fingerprint density at radius 3 is 2.05 bits per heavy atom. The lowest BCUT2D eigenvalue weighted by atomic mass is 9.99. The monoisotopic (exact) mass is 521 g/mol. The predicted molar refractivity (Wildman–Crippen MR) is 149 cm³/mol. The molecule has 0 spiro atoms. The molecule has 5 saturated heterocycles. The molecular formula is C27H55N9O. The molecule has 5 aliphatic rings. The van der Waals surface area contributed by atoms with Gasteiger partial charge in [0.05, 0.1) is 13.2 Å². The van der Waals surface area contributed by atoms with E-state index in [4.69, 9.17) is 4.74 Å². The van der Waals surface area contributed by atoms with E-state index in [9.17, 15) is 0 Å². The van der Waals surface area contributed by atoms with Crippen molar-refractivity contribution in [2.45, 2.75) is 45.2 Å². The standard InChI is InChI=1S/C27H55N9O/c1-5-8-30-13-17-34(18-14-30)36-20-19-35(25(2)3)26(31-21-23-37-24-22-31)27(36,32-9-6-28-7-10-32)33-15-11-29(4)12-16-33/h25-26,28H,5-24H2,1-4H3. The molecule has 214 valence electrons. The fourth-order valence-corrected chi connectivity index (χ4v) is 7.52. The van der Waals surface area contributed by atoms with Crippen LogP contribution < -0.4 is 5.32 Å². The van der Waals surface area contributed by atoms with Gasteiger partial charge in [-0.1, -0.05) is 6.92 Å². The molecule has 37 heavy (non-hydrogen) atoms. The number of hydrazine groups is 1. The second kappa shape index (κ2) is 12.8. The van der Waals surface area contributed by atoms with E-state index in [0.29, 0.717) is 12.2 Å². The lowest BCUT2D eigenvalue weighted by molar-refractivity contribution is -0.332. The minimum atomic E-state index is -0.170. The molecule has 5 fully saturated rings. The Hall–Kier alpha value is -0.400. The predicted octanol–water partition coefficient (Wildman–Crippen LogP) is -0.580. The maximum Gasteiger partial charge on any atom is 0.174 e. The topological polar surface area (TPSA) is 47.2 Å². The Kier molecular flexibility index (Phi) is 9.77. The zero-order chi connectivity index (χ0) is 25.8. The van der Waals surface area contributed by atoms with Crippen molar-refractivity contribution < 1.29 is 4.74 Å². The van der Waals surface area contributed by atoms with E-state index in [2.05, 4.69) is 72.6 Å². The van der Waals surface area contributed by atoms with Crippen LogP contribution in [0.5, 0.6) is 0 Å². The van der Waals surface area contributed by atoms with Crippen LogP contribution in [0.25, 0.3) is 0 Å². The van der Waals surface area contributed by atoms with Gasteiger partial charge >= 0.3 is 0 Å². The average Bonchev–Trinajstić information content (AvgIpc) is 2.94. The molecule has 0 saturated carbocycles. The molecule has 0 aliphatic carbocycles. The molecule has 0 aromatic rings. The molecular weight excluding hydrogens is 466 g/mol. The Labute approximate surface area is 226 Å². The van der Waals surface area contributed by atoms with Crippen LogP contribution in [-0.2, 0) is 4.74 Å². The molecule has 10 heteroatoms. The summed E-state index contributed by atoms with van der Waals surface area (Å²) in [6.45, 7) is 27.9. The zero-order valence-electron chi connectivity index (χ0n) is 24.3. The zero-order valence-corrected chi connectivity index (χ0v) is 24.3. The van der Waals surface area contributed by atoms with Gasteiger partial charge in [0.15, 0.2) is 5.79 Å². The minimum Gasteiger partial charge on any atom is -0.379 e. The summed E-state index contributed by atoms with van der Waals surface area (Å²) < 4.78 is 5.90. The second-order valence-electron chi connectivity index (χ2n) is 12.0. The Morgan fingerprint density at radius 2 is 1.43 bits per heavy atom. The van der Waals surface area contributed by atoms with E-state index >= 15 is 0 Å². The SMILES string of the molecule is CCCN1CCN(N2CCN(C(C)C)C(N3CCOCC3)C2(N2CCNCC2)N2CCN(C)CC2)CC1. The van der Waals surface area contributed by atoms with Gasteiger partial charge in [-0.3, -0.25) is 19.6 Å². The van der Waals surface area contributed by atoms with E-state index in [1.54, 1.807) is 0 Å². The van der Waals surface area contributed by atoms with Gasteiger partial charge in [-0.15, -0.1) is 0 Å². The van der Waals surface area contributed by atoms with Crippen molar-refractivity contribution >= 4 is 0 Å². The van der Waals surface area contributed by atoms with E-state index in [1.807, 2.05) is 0 Å². The molecule has 2 atom stereocenters. The largest absolute Gasteiger partial charge is 0.379 e. The molecule has 10 nitrogen and oxygen atoms in total. The van der Waals surface area contributed by atoms with Crippen molar-refractivity contribution in [1.29, 1.82) is 0 Å². The van der Waals surface area contributed by atoms with E-state index < -0.39 is 0 Å². The van der Waals surface area contributed by atoms with Crippen LogP contribution in [0.4, 0.5) is 0 Å². The number of piperazine rings is 4. The van der Waals surface area contributed by atoms with Gasteiger partial charge in [-0.2, -0.15) is 0 Å². The number of nitrogens with zero attached hydrogens (tertiary/aromatic N) is 8. The smallest absolute Gasteiger partial charge is 0.174 e. The van der Waals surface area contributed by atoms with Crippen molar-refractivity contribution in [3.63, 3.8) is 0 Å². The van der Waals surface area contributed by atoms with Gasteiger partial charge in [0.1, 0.15) is 6.17 Å². The van der Waals surface area contributed by atoms with Gasteiger partial charge in [0.2, 0.25) is 0 Å². The first-order valence-corrected chi connectivity index (χ1v) is 15.3. The quantitative estimate of drug-likeness (QED) is 0.471. The van der Waals surface area contributed by atoms with Crippen LogP contribution >= 0.6 is 0 Å². The highest BCUT2D eigenvalue weighted by Gasteiger charge is 2.61. The molecule has 0 radical (unpaired) electrons. The summed E-state index contributed by atoms with van der Waals surface area (Å²) in [6.07, 6.45) is 1.57. The summed E-state index contributed by atoms with van der Waals surface area (Å²) in [5.41, 5.74) is 0. The van der Waals surface area contributed by atoms with E-state index in [0.717, 1.165) is 105 Å². The fraction of sp³-hybridized carbons (Fsp3) is 1.00. The lowest BCUT2D eigenvalue weighted by Crippen LogP contribution is -2.88. The summed E-state index contributed by atoms with van der Waals surface area (Å²) in [7, 11) is 2.29. The summed E-state index contributed by atoms with van der Waals surface area (Å²) in [6, 6.07) is 0.506. The summed E-state index contributed by atoms with van der Waals surface area (Å²) >= 11 is 0. The molecule has 0 aromatic heterocycles. The van der Waals surface area contributed by atoms with Crippen LogP contribution in [0, 0.1) is 0 Å². The fourth-order valence-electron chi connectivity index (χ4n) is 7.52. The first-order valence-electron chi connectivity index (χ1n) is 15.3. The van der Waals surface area contributed by atoms with Gasteiger partial charge in [0, 0.05) is 111 Å². The first kappa shape index (κ1) is 28.1. The number of likely N-dealkylation sites (N-methyl/N-ethyl adjacent to an activating group) is 1. The van der Waals surface area contributed by atoms with Crippen LogP contribution in [0.3, 0.4) is 0 Å². The normalized spacial score (nSPS) is 34.5. The number of hydrogen-bond donors (Lipinski definition) is 1. The maximum atomic E-state index is 5.90. The Bertz CT molecular complexity index is 685. The highest BCUT2D eigenvalue weighted by Crippen LogP contribution is 2.40. The van der Waals surface area contributed by atoms with Crippen LogP contribution in [0.15, 0.2) is 0 Å². The van der Waals surface area contributed by atoms with Gasteiger partial charge in [-0.25, -0.2) is 10.0 Å². The number of hydrogen-bond acceptors (Lipinski definition) is 10. The van der Waals surface area contributed by atoms with Crippen LogP contribution in [0.1, 0.15) is 27.2 Å². The maximum absolute atomic E-state index is 5.90. The number of nitrogens with one attached hydrogen (secondary N) is 1. The van der Waals surface area contributed by atoms with Crippen molar-refractivity contribution in [2.75, 3.05) is 132 Å². The summed E-state index contributed by atoms with van der Waals surface area (Å²) in [5.74, 6) is -0.170. The number of morpholine rings is 1. The second-order valence-corrected chi connectivity index (χ2v) is 12.0. The number of ether oxygens (including phenoxy) is 1. The third-order valence-electron chi connectivity index (χ3n) is 9.45. The van der Waals surface area contributed by atoms with E-state index in [1.165, 1.54) is 26.1 Å². The van der Waals surface area contributed by atoms with E-state index in [-0.39, 0.29) is 5.79 Å². The third kappa shape index (κ3) is 5.75. The highest BCUT2D eigenvalue weighted by atomic mass is 16.5. The number of rotatable bonds is 7. The van der Waals surface area contributed by atoms with Crippen molar-refractivity contribution in [2.24, 2.45) is 0 Å². The first-order chi connectivity index (χ1) is 18.1. The molecule has 0 amide bonds. The van der Waals surface area contributed by atoms with Gasteiger partial charge in [-0.05, 0) is 33.9 Å². The molecule has 5 rings (SSSR count). The molecule has 0 aromatic carbocycles. The lowest BCUT2D eigenvalue weighted by Gasteiger charge is -2.69. The molecule has 0 bridgehead atoms. The Balaban J connectivity index is 1.58. The average molecular weight is 522 g/mol. The molecule has 2 unspecified atom stereocenters. The van der Waals surface area contributed by atoms with Gasteiger partial charge in [0.25, 0.3) is 0 Å².